The Morgan fingerprint density at radius 3 is 2.50 bits per heavy atom. The normalized spacial score (nSPS) is 19.8. The van der Waals surface area contributed by atoms with Crippen molar-refractivity contribution in [2.24, 2.45) is 0 Å². The summed E-state index contributed by atoms with van der Waals surface area (Å²) in [5, 5.41) is 0. The average molecular weight is 387 g/mol. The maximum Gasteiger partial charge on any atom is 0.167 e. The van der Waals surface area contributed by atoms with Gasteiger partial charge in [-0.15, -0.1) is 0 Å². The SMILES string of the molecule is CN(C)C=CC(=O)C1(c2ccc(OCCCN3CCCC3)cc2)CCOCC1. The second-order valence-electron chi connectivity index (χ2n) is 8.11. The van der Waals surface area contributed by atoms with Crippen LogP contribution in [0.2, 0.25) is 0 Å². The van der Waals surface area contributed by atoms with Crippen molar-refractivity contribution >= 4 is 5.78 Å². The van der Waals surface area contributed by atoms with E-state index in [1.165, 1.54) is 25.9 Å². The minimum atomic E-state index is -0.487. The molecular formula is C23H34N2O3. The van der Waals surface area contributed by atoms with E-state index in [0.717, 1.165) is 43.7 Å². The number of likely N-dealkylation sites (tertiary alicyclic amines) is 1. The van der Waals surface area contributed by atoms with Crippen molar-refractivity contribution in [3.05, 3.63) is 42.1 Å². The van der Waals surface area contributed by atoms with E-state index in [1.54, 1.807) is 6.08 Å². The smallest absolute Gasteiger partial charge is 0.167 e. The molecule has 0 unspecified atom stereocenters. The lowest BCUT2D eigenvalue weighted by Gasteiger charge is -2.35. The highest BCUT2D eigenvalue weighted by molar-refractivity contribution is 5.99. The first-order valence-corrected chi connectivity index (χ1v) is 10.5. The molecule has 0 aliphatic carbocycles. The van der Waals surface area contributed by atoms with Gasteiger partial charge in [0.05, 0.1) is 12.0 Å². The molecule has 1 aromatic rings. The van der Waals surface area contributed by atoms with Gasteiger partial charge in [0.1, 0.15) is 5.75 Å². The predicted octanol–water partition coefficient (Wildman–Crippen LogP) is 3.24. The van der Waals surface area contributed by atoms with Gasteiger partial charge in [-0.3, -0.25) is 4.79 Å². The van der Waals surface area contributed by atoms with Crippen LogP contribution in [-0.2, 0) is 14.9 Å². The lowest BCUT2D eigenvalue weighted by Crippen LogP contribution is -2.40. The monoisotopic (exact) mass is 386 g/mol. The van der Waals surface area contributed by atoms with Crippen molar-refractivity contribution in [1.82, 2.24) is 9.80 Å². The number of benzene rings is 1. The molecule has 2 aliphatic rings. The zero-order chi connectivity index (χ0) is 19.8. The van der Waals surface area contributed by atoms with Gasteiger partial charge >= 0.3 is 0 Å². The third kappa shape index (κ3) is 5.36. The molecule has 0 amide bonds. The van der Waals surface area contributed by atoms with Gasteiger partial charge in [-0.05, 0) is 69.0 Å². The molecule has 2 fully saturated rings. The van der Waals surface area contributed by atoms with Crippen LogP contribution < -0.4 is 4.74 Å². The summed E-state index contributed by atoms with van der Waals surface area (Å²) >= 11 is 0. The van der Waals surface area contributed by atoms with Crippen molar-refractivity contribution in [3.63, 3.8) is 0 Å². The van der Waals surface area contributed by atoms with E-state index in [0.29, 0.717) is 13.2 Å². The number of rotatable bonds is 9. The Morgan fingerprint density at radius 2 is 1.86 bits per heavy atom. The van der Waals surface area contributed by atoms with Crippen molar-refractivity contribution < 1.29 is 14.3 Å². The van der Waals surface area contributed by atoms with E-state index < -0.39 is 5.41 Å². The summed E-state index contributed by atoms with van der Waals surface area (Å²) in [4.78, 5) is 17.4. The van der Waals surface area contributed by atoms with Gasteiger partial charge in [0.25, 0.3) is 0 Å². The first kappa shape index (κ1) is 20.9. The fourth-order valence-electron chi connectivity index (χ4n) is 4.13. The maximum atomic E-state index is 13.0. The van der Waals surface area contributed by atoms with Gasteiger partial charge in [-0.25, -0.2) is 0 Å². The maximum absolute atomic E-state index is 13.0. The van der Waals surface area contributed by atoms with Crippen molar-refractivity contribution in [2.75, 3.05) is 53.6 Å². The summed E-state index contributed by atoms with van der Waals surface area (Å²) in [5.41, 5.74) is 0.576. The zero-order valence-corrected chi connectivity index (χ0v) is 17.4. The molecule has 0 saturated carbocycles. The summed E-state index contributed by atoms with van der Waals surface area (Å²) in [6.45, 7) is 5.56. The highest BCUT2D eigenvalue weighted by Gasteiger charge is 2.40. The van der Waals surface area contributed by atoms with Crippen LogP contribution in [0.5, 0.6) is 5.75 Å². The molecule has 5 heteroatoms. The fraction of sp³-hybridized carbons (Fsp3) is 0.609. The average Bonchev–Trinajstić information content (AvgIpc) is 3.24. The Hall–Kier alpha value is -1.85. The van der Waals surface area contributed by atoms with Crippen LogP contribution >= 0.6 is 0 Å². The van der Waals surface area contributed by atoms with Crippen LogP contribution in [0.25, 0.3) is 0 Å². The van der Waals surface area contributed by atoms with Gasteiger partial charge in [-0.1, -0.05) is 12.1 Å². The van der Waals surface area contributed by atoms with E-state index in [9.17, 15) is 4.79 Å². The minimum absolute atomic E-state index is 0.156. The van der Waals surface area contributed by atoms with Crippen LogP contribution in [-0.4, -0.2) is 69.1 Å². The number of allylic oxidation sites excluding steroid dienone is 1. The lowest BCUT2D eigenvalue weighted by molar-refractivity contribution is -0.123. The summed E-state index contributed by atoms with van der Waals surface area (Å²) in [7, 11) is 3.85. The van der Waals surface area contributed by atoms with Crippen LogP contribution in [0.4, 0.5) is 0 Å². The Morgan fingerprint density at radius 1 is 1.18 bits per heavy atom. The minimum Gasteiger partial charge on any atom is -0.494 e. The zero-order valence-electron chi connectivity index (χ0n) is 17.4. The third-order valence-corrected chi connectivity index (χ3v) is 5.84. The van der Waals surface area contributed by atoms with Gasteiger partial charge in [0, 0.05) is 40.1 Å². The van der Waals surface area contributed by atoms with Gasteiger partial charge in [0.2, 0.25) is 0 Å². The molecule has 2 heterocycles. The molecule has 0 N–H and O–H groups in total. The second-order valence-corrected chi connectivity index (χ2v) is 8.11. The molecule has 154 valence electrons. The predicted molar refractivity (Wildman–Crippen MR) is 112 cm³/mol. The fourth-order valence-corrected chi connectivity index (χ4v) is 4.13. The number of nitrogens with zero attached hydrogens (tertiary/aromatic N) is 2. The summed E-state index contributed by atoms with van der Waals surface area (Å²) in [6.07, 6.45) is 8.69. The second kappa shape index (κ2) is 10.1. The van der Waals surface area contributed by atoms with E-state index >= 15 is 0 Å². The summed E-state index contributed by atoms with van der Waals surface area (Å²) < 4.78 is 11.5. The lowest BCUT2D eigenvalue weighted by atomic mass is 9.71. The number of ether oxygens (including phenoxy) is 2. The van der Waals surface area contributed by atoms with E-state index in [2.05, 4.69) is 17.0 Å². The standard InChI is InChI=1S/C23H34N2O3/c1-24(2)16-10-22(26)23(11-18-27-19-12-23)20-6-8-21(9-7-20)28-17-5-15-25-13-3-4-14-25/h6-10,16H,3-5,11-15,17-19H2,1-2H3. The van der Waals surface area contributed by atoms with E-state index in [-0.39, 0.29) is 5.78 Å². The molecule has 2 aliphatic heterocycles. The molecule has 0 spiro atoms. The summed E-state index contributed by atoms with van der Waals surface area (Å²) in [6, 6.07) is 8.13. The van der Waals surface area contributed by atoms with E-state index in [1.807, 2.05) is 37.3 Å². The highest BCUT2D eigenvalue weighted by Crippen LogP contribution is 2.37. The Bertz CT molecular complexity index is 642. The highest BCUT2D eigenvalue weighted by atomic mass is 16.5. The third-order valence-electron chi connectivity index (χ3n) is 5.84. The topological polar surface area (TPSA) is 42.0 Å². The molecule has 28 heavy (non-hydrogen) atoms. The Labute approximate surface area is 169 Å². The molecule has 0 atom stereocenters. The molecule has 0 radical (unpaired) electrons. The number of carbonyl (C=O) groups is 1. The number of carbonyl (C=O) groups excluding carboxylic acids is 1. The van der Waals surface area contributed by atoms with Gasteiger partial charge in [0.15, 0.2) is 5.78 Å². The molecule has 0 aromatic heterocycles. The van der Waals surface area contributed by atoms with Crippen molar-refractivity contribution in [1.29, 1.82) is 0 Å². The van der Waals surface area contributed by atoms with Crippen LogP contribution in [0.3, 0.4) is 0 Å². The number of hydrogen-bond donors (Lipinski definition) is 0. The Kier molecular flexibility index (Phi) is 7.51. The van der Waals surface area contributed by atoms with Crippen LogP contribution in [0.15, 0.2) is 36.5 Å². The first-order chi connectivity index (χ1) is 13.6. The molecule has 3 rings (SSSR count). The van der Waals surface area contributed by atoms with Crippen LogP contribution in [0.1, 0.15) is 37.7 Å². The Balaban J connectivity index is 1.60. The van der Waals surface area contributed by atoms with Gasteiger partial charge in [-0.2, -0.15) is 0 Å². The summed E-state index contributed by atoms with van der Waals surface area (Å²) in [5.74, 6) is 1.03. The number of ketones is 1. The first-order valence-electron chi connectivity index (χ1n) is 10.5. The molecule has 2 saturated heterocycles. The molecule has 1 aromatic carbocycles. The molecule has 5 nitrogen and oxygen atoms in total. The van der Waals surface area contributed by atoms with Crippen LogP contribution in [0, 0.1) is 0 Å². The number of hydrogen-bond acceptors (Lipinski definition) is 5. The molecular weight excluding hydrogens is 352 g/mol. The van der Waals surface area contributed by atoms with Crippen molar-refractivity contribution in [3.8, 4) is 5.75 Å². The molecule has 0 bridgehead atoms. The van der Waals surface area contributed by atoms with Crippen molar-refractivity contribution in [2.45, 2.75) is 37.5 Å². The van der Waals surface area contributed by atoms with Gasteiger partial charge < -0.3 is 19.3 Å². The quantitative estimate of drug-likeness (QED) is 0.481. The van der Waals surface area contributed by atoms with E-state index in [4.69, 9.17) is 9.47 Å². The largest absolute Gasteiger partial charge is 0.494 e.